The van der Waals surface area contributed by atoms with Gasteiger partial charge in [0.05, 0.1) is 0 Å². The third-order valence-corrected chi connectivity index (χ3v) is 1.10. The SMILES string of the molecule is ClC1(Cl)C=CC=NN1. The van der Waals surface area contributed by atoms with E-state index in [1.54, 1.807) is 18.4 Å². The van der Waals surface area contributed by atoms with Crippen LogP contribution in [0.2, 0.25) is 0 Å². The molecule has 1 heterocycles. The maximum absolute atomic E-state index is 5.53. The summed E-state index contributed by atoms with van der Waals surface area (Å²) in [5.74, 6) is 0. The second-order valence-electron chi connectivity index (χ2n) is 1.37. The highest BCUT2D eigenvalue weighted by molar-refractivity contribution is 6.49. The fraction of sp³-hybridized carbons (Fsp3) is 0.250. The summed E-state index contributed by atoms with van der Waals surface area (Å²) < 4.78 is -1.01. The van der Waals surface area contributed by atoms with Crippen molar-refractivity contribution in [2.75, 3.05) is 0 Å². The third-order valence-electron chi connectivity index (χ3n) is 0.680. The molecule has 0 radical (unpaired) electrons. The number of nitrogens with one attached hydrogen (secondary N) is 1. The minimum Gasteiger partial charge on any atom is -0.272 e. The summed E-state index contributed by atoms with van der Waals surface area (Å²) in [5, 5.41) is 3.60. The quantitative estimate of drug-likeness (QED) is 0.409. The van der Waals surface area contributed by atoms with Crippen LogP contribution in [0.15, 0.2) is 17.3 Å². The Kier molecular flexibility index (Phi) is 1.45. The zero-order valence-corrected chi connectivity index (χ0v) is 5.45. The third kappa shape index (κ3) is 1.39. The van der Waals surface area contributed by atoms with Gasteiger partial charge in [-0.15, -0.1) is 0 Å². The van der Waals surface area contributed by atoms with Crippen molar-refractivity contribution < 1.29 is 0 Å². The van der Waals surface area contributed by atoms with E-state index in [-0.39, 0.29) is 0 Å². The molecule has 1 rings (SSSR count). The van der Waals surface area contributed by atoms with Crippen molar-refractivity contribution in [3.63, 3.8) is 0 Å². The monoisotopic (exact) mass is 150 g/mol. The summed E-state index contributed by atoms with van der Waals surface area (Å²) in [7, 11) is 0. The van der Waals surface area contributed by atoms with Crippen LogP contribution in [-0.2, 0) is 0 Å². The van der Waals surface area contributed by atoms with Crippen molar-refractivity contribution in [1.29, 1.82) is 0 Å². The van der Waals surface area contributed by atoms with Gasteiger partial charge in [-0.1, -0.05) is 23.2 Å². The van der Waals surface area contributed by atoms with E-state index in [0.29, 0.717) is 0 Å². The number of nitrogens with zero attached hydrogens (tertiary/aromatic N) is 1. The number of hydrazone groups is 1. The van der Waals surface area contributed by atoms with Crippen LogP contribution >= 0.6 is 23.2 Å². The Balaban J connectivity index is 2.65. The number of hydrogen-bond acceptors (Lipinski definition) is 2. The lowest BCUT2D eigenvalue weighted by atomic mass is 10.5. The van der Waals surface area contributed by atoms with Gasteiger partial charge in [0.2, 0.25) is 4.46 Å². The molecule has 1 N–H and O–H groups in total. The molecule has 0 aromatic rings. The second-order valence-corrected chi connectivity index (χ2v) is 2.76. The zero-order chi connectivity index (χ0) is 6.04. The Morgan fingerprint density at radius 3 is 2.50 bits per heavy atom. The summed E-state index contributed by atoms with van der Waals surface area (Å²) in [5.41, 5.74) is 2.47. The maximum atomic E-state index is 5.53. The lowest BCUT2D eigenvalue weighted by Gasteiger charge is -2.15. The van der Waals surface area contributed by atoms with Gasteiger partial charge < -0.3 is 0 Å². The molecule has 0 saturated carbocycles. The molecule has 8 heavy (non-hydrogen) atoms. The van der Waals surface area contributed by atoms with Crippen LogP contribution in [0.4, 0.5) is 0 Å². The van der Waals surface area contributed by atoms with Crippen molar-refractivity contribution >= 4 is 29.4 Å². The molecule has 0 amide bonds. The highest BCUT2D eigenvalue weighted by atomic mass is 35.5. The first-order valence-corrected chi connectivity index (χ1v) is 2.82. The Morgan fingerprint density at radius 2 is 2.25 bits per heavy atom. The second kappa shape index (κ2) is 1.96. The molecule has 0 atom stereocenters. The van der Waals surface area contributed by atoms with Crippen LogP contribution in [0.25, 0.3) is 0 Å². The van der Waals surface area contributed by atoms with E-state index >= 15 is 0 Å². The molecular weight excluding hydrogens is 147 g/mol. The van der Waals surface area contributed by atoms with Gasteiger partial charge in [0, 0.05) is 6.21 Å². The van der Waals surface area contributed by atoms with E-state index in [0.717, 1.165) is 0 Å². The minimum atomic E-state index is -1.01. The van der Waals surface area contributed by atoms with Crippen molar-refractivity contribution in [2.24, 2.45) is 5.10 Å². The molecule has 1 aliphatic heterocycles. The Bertz CT molecular complexity index is 139. The molecule has 0 aromatic carbocycles. The van der Waals surface area contributed by atoms with Gasteiger partial charge in [-0.25, -0.2) is 0 Å². The normalized spacial score (nSPS) is 22.8. The number of allylic oxidation sites excluding steroid dienone is 1. The molecule has 4 heteroatoms. The Morgan fingerprint density at radius 1 is 1.50 bits per heavy atom. The molecule has 0 unspecified atom stereocenters. The lowest BCUT2D eigenvalue weighted by Crippen LogP contribution is -2.28. The highest BCUT2D eigenvalue weighted by Gasteiger charge is 2.18. The van der Waals surface area contributed by atoms with Gasteiger partial charge >= 0.3 is 0 Å². The van der Waals surface area contributed by atoms with Crippen LogP contribution in [0.5, 0.6) is 0 Å². The lowest BCUT2D eigenvalue weighted by molar-refractivity contribution is 0.718. The van der Waals surface area contributed by atoms with Crippen LogP contribution in [-0.4, -0.2) is 10.7 Å². The maximum Gasteiger partial charge on any atom is 0.222 e. The largest absolute Gasteiger partial charge is 0.272 e. The number of alkyl halides is 2. The predicted molar refractivity (Wildman–Crippen MR) is 35.2 cm³/mol. The van der Waals surface area contributed by atoms with E-state index in [1.807, 2.05) is 0 Å². The predicted octanol–water partition coefficient (Wildman–Crippen LogP) is 1.26. The summed E-state index contributed by atoms with van der Waals surface area (Å²) >= 11 is 11.1. The molecule has 0 aromatic heterocycles. The average molecular weight is 151 g/mol. The molecule has 0 fully saturated rings. The van der Waals surface area contributed by atoms with Crippen molar-refractivity contribution in [2.45, 2.75) is 4.46 Å². The fourth-order valence-electron chi connectivity index (χ4n) is 0.368. The van der Waals surface area contributed by atoms with Crippen LogP contribution in [0.3, 0.4) is 0 Å². The Hall–Kier alpha value is -0.210. The first-order chi connectivity index (χ1) is 3.71. The highest BCUT2D eigenvalue weighted by Crippen LogP contribution is 2.19. The Labute approximate surface area is 57.2 Å². The summed E-state index contributed by atoms with van der Waals surface area (Å²) in [6.07, 6.45) is 4.85. The molecule has 0 spiro atoms. The smallest absolute Gasteiger partial charge is 0.222 e. The number of hydrogen-bond donors (Lipinski definition) is 1. The van der Waals surface area contributed by atoms with E-state index in [9.17, 15) is 0 Å². The summed E-state index contributed by atoms with van der Waals surface area (Å²) in [4.78, 5) is 0. The average Bonchev–Trinajstić information content (AvgIpc) is 1.65. The van der Waals surface area contributed by atoms with Crippen LogP contribution in [0.1, 0.15) is 0 Å². The van der Waals surface area contributed by atoms with Gasteiger partial charge in [-0.3, -0.25) is 5.43 Å². The van der Waals surface area contributed by atoms with Crippen molar-refractivity contribution in [3.8, 4) is 0 Å². The first kappa shape index (κ1) is 5.92. The van der Waals surface area contributed by atoms with E-state index in [1.165, 1.54) is 0 Å². The van der Waals surface area contributed by atoms with Gasteiger partial charge in [-0.2, -0.15) is 5.10 Å². The molecular formula is C4H4Cl2N2. The van der Waals surface area contributed by atoms with Gasteiger partial charge in [-0.05, 0) is 12.2 Å². The van der Waals surface area contributed by atoms with Gasteiger partial charge in [0.15, 0.2) is 0 Å². The van der Waals surface area contributed by atoms with E-state index in [2.05, 4.69) is 10.5 Å². The minimum absolute atomic E-state index is 1.01. The topological polar surface area (TPSA) is 24.4 Å². The first-order valence-electron chi connectivity index (χ1n) is 2.07. The molecule has 0 saturated heterocycles. The van der Waals surface area contributed by atoms with Crippen molar-refractivity contribution in [1.82, 2.24) is 5.43 Å². The molecule has 0 bridgehead atoms. The zero-order valence-electron chi connectivity index (χ0n) is 3.94. The van der Waals surface area contributed by atoms with Crippen LogP contribution < -0.4 is 5.43 Å². The summed E-state index contributed by atoms with van der Waals surface area (Å²) in [6.45, 7) is 0. The van der Waals surface area contributed by atoms with Crippen LogP contribution in [0, 0.1) is 0 Å². The van der Waals surface area contributed by atoms with E-state index in [4.69, 9.17) is 23.2 Å². The van der Waals surface area contributed by atoms with Gasteiger partial charge in [0.25, 0.3) is 0 Å². The fourth-order valence-corrected chi connectivity index (χ4v) is 0.611. The molecule has 2 nitrogen and oxygen atoms in total. The van der Waals surface area contributed by atoms with E-state index < -0.39 is 4.46 Å². The van der Waals surface area contributed by atoms with Crippen molar-refractivity contribution in [3.05, 3.63) is 12.2 Å². The van der Waals surface area contributed by atoms with Gasteiger partial charge in [0.1, 0.15) is 0 Å². The standard InChI is InChI=1S/C4H4Cl2N2/c5-4(6)2-1-3-7-8-4/h1-3,8H. The molecule has 44 valence electrons. The number of rotatable bonds is 0. The summed E-state index contributed by atoms with van der Waals surface area (Å²) in [6, 6.07) is 0. The molecule has 0 aliphatic carbocycles. The number of halogens is 2. The molecule has 1 aliphatic rings.